The molecule has 4 nitrogen and oxygen atoms in total. The minimum absolute atomic E-state index is 0.701. The first-order valence-corrected chi connectivity index (χ1v) is 7.76. The molecular formula is C13H17BrN4S. The molecule has 1 fully saturated rings. The van der Waals surface area contributed by atoms with E-state index < -0.39 is 0 Å². The van der Waals surface area contributed by atoms with Gasteiger partial charge in [0.05, 0.1) is 5.52 Å². The van der Waals surface area contributed by atoms with Gasteiger partial charge in [-0.1, -0.05) is 0 Å². The van der Waals surface area contributed by atoms with Gasteiger partial charge in [-0.15, -0.1) is 0 Å². The third-order valence-electron chi connectivity index (χ3n) is 3.85. The lowest BCUT2D eigenvalue weighted by Gasteiger charge is -2.29. The number of likely N-dealkylation sites (tertiary alicyclic amines) is 1. The smallest absolute Gasteiger partial charge is 0.179 e. The van der Waals surface area contributed by atoms with E-state index in [1.165, 1.54) is 25.9 Å². The number of hydrogen-bond donors (Lipinski definition) is 1. The molecule has 0 bridgehead atoms. The van der Waals surface area contributed by atoms with Crippen LogP contribution in [-0.2, 0) is 6.54 Å². The van der Waals surface area contributed by atoms with Gasteiger partial charge in [-0.25, -0.2) is 4.98 Å². The van der Waals surface area contributed by atoms with Crippen LogP contribution in [0.4, 0.5) is 0 Å². The second kappa shape index (κ2) is 5.34. The fraction of sp³-hybridized carbons (Fsp3) is 0.538. The monoisotopic (exact) mass is 340 g/mol. The Morgan fingerprint density at radius 2 is 2.21 bits per heavy atom. The van der Waals surface area contributed by atoms with Gasteiger partial charge in [0.1, 0.15) is 0 Å². The molecule has 1 saturated heterocycles. The normalized spacial score (nSPS) is 18.2. The summed E-state index contributed by atoms with van der Waals surface area (Å²) in [5.74, 6) is 0.701. The molecule has 1 aliphatic rings. The maximum absolute atomic E-state index is 5.43. The second-order valence-electron chi connectivity index (χ2n) is 5.31. The summed E-state index contributed by atoms with van der Waals surface area (Å²) < 4.78 is 3.90. The fourth-order valence-electron chi connectivity index (χ4n) is 2.69. The topological polar surface area (TPSA) is 36.9 Å². The lowest BCUT2D eigenvalue weighted by atomic mass is 9.97. The van der Waals surface area contributed by atoms with Crippen LogP contribution in [0.5, 0.6) is 0 Å². The van der Waals surface area contributed by atoms with Crippen molar-refractivity contribution in [2.75, 3.05) is 20.1 Å². The third-order valence-corrected chi connectivity index (χ3v) is 4.61. The molecule has 3 rings (SSSR count). The van der Waals surface area contributed by atoms with Gasteiger partial charge in [0, 0.05) is 17.2 Å². The second-order valence-corrected chi connectivity index (χ2v) is 6.61. The molecule has 0 spiro atoms. The summed E-state index contributed by atoms with van der Waals surface area (Å²) in [6.07, 6.45) is 4.30. The van der Waals surface area contributed by atoms with Crippen LogP contribution in [0.2, 0.25) is 0 Å². The summed E-state index contributed by atoms with van der Waals surface area (Å²) in [5, 5.41) is 0. The van der Waals surface area contributed by atoms with Gasteiger partial charge in [0.25, 0.3) is 0 Å². The van der Waals surface area contributed by atoms with E-state index in [0.29, 0.717) is 5.92 Å². The number of rotatable bonds is 2. The largest absolute Gasteiger partial charge is 0.329 e. The van der Waals surface area contributed by atoms with Crippen LogP contribution < -0.4 is 0 Å². The Labute approximate surface area is 126 Å². The molecular weight excluding hydrogens is 324 g/mol. The Balaban J connectivity index is 1.88. The highest BCUT2D eigenvalue weighted by atomic mass is 79.9. The molecule has 0 amide bonds. The van der Waals surface area contributed by atoms with Gasteiger partial charge < -0.3 is 14.5 Å². The van der Waals surface area contributed by atoms with Crippen molar-refractivity contribution in [1.82, 2.24) is 19.4 Å². The number of nitrogens with one attached hydrogen (secondary N) is 1. The molecule has 6 heteroatoms. The van der Waals surface area contributed by atoms with E-state index in [1.807, 2.05) is 12.3 Å². The number of halogens is 1. The molecule has 0 aromatic carbocycles. The number of H-pyrrole nitrogens is 1. The van der Waals surface area contributed by atoms with Crippen molar-refractivity contribution in [1.29, 1.82) is 0 Å². The Hall–Kier alpha value is -0.720. The molecule has 0 unspecified atom stereocenters. The lowest BCUT2D eigenvalue weighted by molar-refractivity contribution is 0.205. The maximum Gasteiger partial charge on any atom is 0.179 e. The summed E-state index contributed by atoms with van der Waals surface area (Å²) in [5.41, 5.74) is 1.97. The number of nitrogens with zero attached hydrogens (tertiary/aromatic N) is 3. The standard InChI is InChI=1S/C13H17BrN4S/c1-17-4-2-9(3-5-17)8-18-12-11(16-13(18)19)6-10(14)7-15-12/h6-7,9H,2-5,8H2,1H3,(H,16,19). The molecule has 2 aromatic heterocycles. The Morgan fingerprint density at radius 1 is 1.47 bits per heavy atom. The van der Waals surface area contributed by atoms with Gasteiger partial charge in [-0.2, -0.15) is 0 Å². The van der Waals surface area contributed by atoms with E-state index in [1.54, 1.807) is 0 Å². The Bertz CT molecular complexity index is 640. The molecule has 0 atom stereocenters. The molecule has 3 heterocycles. The summed E-state index contributed by atoms with van der Waals surface area (Å²) in [4.78, 5) is 10.1. The highest BCUT2D eigenvalue weighted by Crippen LogP contribution is 2.22. The van der Waals surface area contributed by atoms with Crippen molar-refractivity contribution in [2.45, 2.75) is 19.4 Å². The number of hydrogen-bond acceptors (Lipinski definition) is 3. The van der Waals surface area contributed by atoms with Crippen LogP contribution in [-0.4, -0.2) is 39.6 Å². The Kier molecular flexibility index (Phi) is 3.73. The first-order valence-electron chi connectivity index (χ1n) is 6.56. The van der Waals surface area contributed by atoms with E-state index in [4.69, 9.17) is 12.2 Å². The van der Waals surface area contributed by atoms with Gasteiger partial charge in [-0.3, -0.25) is 0 Å². The van der Waals surface area contributed by atoms with Crippen LogP contribution in [0, 0.1) is 10.7 Å². The molecule has 19 heavy (non-hydrogen) atoms. The maximum atomic E-state index is 5.43. The summed E-state index contributed by atoms with van der Waals surface area (Å²) in [7, 11) is 2.19. The molecule has 0 radical (unpaired) electrons. The average molecular weight is 341 g/mol. The zero-order valence-electron chi connectivity index (χ0n) is 10.9. The zero-order valence-corrected chi connectivity index (χ0v) is 13.3. The van der Waals surface area contributed by atoms with E-state index in [0.717, 1.165) is 27.0 Å². The molecule has 1 N–H and O–H groups in total. The number of pyridine rings is 1. The summed E-state index contributed by atoms with van der Waals surface area (Å²) in [6.45, 7) is 3.33. The van der Waals surface area contributed by atoms with Crippen LogP contribution in [0.15, 0.2) is 16.7 Å². The minimum atomic E-state index is 0.701. The Morgan fingerprint density at radius 3 is 2.95 bits per heavy atom. The van der Waals surface area contributed by atoms with E-state index >= 15 is 0 Å². The SMILES string of the molecule is CN1CCC(Cn2c(=S)[nH]c3cc(Br)cnc32)CC1. The fourth-order valence-corrected chi connectivity index (χ4v) is 3.29. The highest BCUT2D eigenvalue weighted by molar-refractivity contribution is 9.10. The van der Waals surface area contributed by atoms with Crippen LogP contribution in [0.3, 0.4) is 0 Å². The van der Waals surface area contributed by atoms with Crippen molar-refractivity contribution >= 4 is 39.3 Å². The number of fused-ring (bicyclic) bond motifs is 1. The quantitative estimate of drug-likeness (QED) is 0.853. The van der Waals surface area contributed by atoms with Crippen LogP contribution in [0.1, 0.15) is 12.8 Å². The van der Waals surface area contributed by atoms with E-state index in [9.17, 15) is 0 Å². The highest BCUT2D eigenvalue weighted by Gasteiger charge is 2.18. The predicted octanol–water partition coefficient (Wildman–Crippen LogP) is 3.20. The average Bonchev–Trinajstić information content (AvgIpc) is 2.68. The number of imidazole rings is 1. The number of aromatic amines is 1. The van der Waals surface area contributed by atoms with Gasteiger partial charge in [-0.05, 0) is 73.1 Å². The summed E-state index contributed by atoms with van der Waals surface area (Å²) >= 11 is 8.87. The minimum Gasteiger partial charge on any atom is -0.329 e. The number of aromatic nitrogens is 3. The molecule has 102 valence electrons. The third kappa shape index (κ3) is 2.75. The molecule has 2 aromatic rings. The first-order chi connectivity index (χ1) is 9.13. The van der Waals surface area contributed by atoms with E-state index in [-0.39, 0.29) is 0 Å². The van der Waals surface area contributed by atoms with Crippen molar-refractivity contribution in [3.8, 4) is 0 Å². The predicted molar refractivity (Wildman–Crippen MR) is 82.8 cm³/mol. The van der Waals surface area contributed by atoms with Crippen molar-refractivity contribution < 1.29 is 0 Å². The van der Waals surface area contributed by atoms with Crippen molar-refractivity contribution in [3.05, 3.63) is 21.5 Å². The van der Waals surface area contributed by atoms with Crippen LogP contribution in [0.25, 0.3) is 11.2 Å². The summed E-state index contributed by atoms with van der Waals surface area (Å²) in [6, 6.07) is 2.03. The molecule has 0 saturated carbocycles. The van der Waals surface area contributed by atoms with E-state index in [2.05, 4.69) is 42.4 Å². The van der Waals surface area contributed by atoms with Crippen LogP contribution >= 0.6 is 28.1 Å². The molecule has 1 aliphatic heterocycles. The first kappa shape index (κ1) is 13.3. The molecule has 0 aliphatic carbocycles. The zero-order chi connectivity index (χ0) is 13.4. The van der Waals surface area contributed by atoms with Gasteiger partial charge >= 0.3 is 0 Å². The lowest BCUT2D eigenvalue weighted by Crippen LogP contribution is -2.31. The van der Waals surface area contributed by atoms with Crippen molar-refractivity contribution in [3.63, 3.8) is 0 Å². The van der Waals surface area contributed by atoms with Crippen molar-refractivity contribution in [2.24, 2.45) is 5.92 Å². The number of piperidine rings is 1. The van der Waals surface area contributed by atoms with Gasteiger partial charge in [0.2, 0.25) is 0 Å². The van der Waals surface area contributed by atoms with Gasteiger partial charge in [0.15, 0.2) is 10.4 Å².